The van der Waals surface area contributed by atoms with Crippen molar-refractivity contribution in [2.45, 2.75) is 26.3 Å². The molecule has 1 saturated heterocycles. The minimum atomic E-state index is -0.230. The Bertz CT molecular complexity index is 1140. The second kappa shape index (κ2) is 11.4. The Hall–Kier alpha value is -3.07. The van der Waals surface area contributed by atoms with Crippen molar-refractivity contribution >= 4 is 28.2 Å². The first-order valence-corrected chi connectivity index (χ1v) is 12.2. The maximum Gasteiger partial charge on any atom is 0.226 e. The van der Waals surface area contributed by atoms with Crippen LogP contribution in [0, 0.1) is 6.92 Å². The number of nitrogens with one attached hydrogen (secondary N) is 1. The molecular formula is C26H29N3O4S. The third kappa shape index (κ3) is 6.08. The lowest BCUT2D eigenvalue weighted by Crippen LogP contribution is -2.35. The normalized spacial score (nSPS) is 14.1. The highest BCUT2D eigenvalue weighted by Gasteiger charge is 2.20. The van der Waals surface area contributed by atoms with E-state index < -0.39 is 0 Å². The first-order valence-electron chi connectivity index (χ1n) is 11.4. The predicted octanol–water partition coefficient (Wildman–Crippen LogP) is 4.56. The summed E-state index contributed by atoms with van der Waals surface area (Å²) in [5.41, 5.74) is 3.37. The van der Waals surface area contributed by atoms with Gasteiger partial charge in [-0.05, 0) is 19.1 Å². The van der Waals surface area contributed by atoms with Gasteiger partial charge < -0.3 is 14.8 Å². The highest BCUT2D eigenvalue weighted by Crippen LogP contribution is 2.32. The van der Waals surface area contributed by atoms with Gasteiger partial charge in [0.25, 0.3) is 0 Å². The first kappa shape index (κ1) is 24.1. The lowest BCUT2D eigenvalue weighted by Gasteiger charge is -2.26. The lowest BCUT2D eigenvalue weighted by atomic mass is 10.0. The van der Waals surface area contributed by atoms with Gasteiger partial charge in [-0.1, -0.05) is 53.3 Å². The van der Waals surface area contributed by atoms with Gasteiger partial charge in [-0.2, -0.15) is 0 Å². The van der Waals surface area contributed by atoms with Gasteiger partial charge in [-0.15, -0.1) is 0 Å². The number of hydrogen-bond acceptors (Lipinski definition) is 7. The van der Waals surface area contributed by atoms with Gasteiger partial charge in [0.1, 0.15) is 5.75 Å². The van der Waals surface area contributed by atoms with Gasteiger partial charge in [0.2, 0.25) is 5.91 Å². The van der Waals surface area contributed by atoms with Crippen molar-refractivity contribution in [3.63, 3.8) is 0 Å². The summed E-state index contributed by atoms with van der Waals surface area (Å²) in [6.45, 7) is 5.87. The zero-order valence-corrected chi connectivity index (χ0v) is 20.3. The van der Waals surface area contributed by atoms with Crippen LogP contribution < -0.4 is 10.1 Å². The largest absolute Gasteiger partial charge is 0.496 e. The Morgan fingerprint density at radius 2 is 1.88 bits per heavy atom. The summed E-state index contributed by atoms with van der Waals surface area (Å²) in [5.74, 6) is 0.176. The number of ketones is 1. The Labute approximate surface area is 203 Å². The van der Waals surface area contributed by atoms with E-state index in [1.54, 1.807) is 12.1 Å². The summed E-state index contributed by atoms with van der Waals surface area (Å²) in [4.78, 5) is 33.5. The van der Waals surface area contributed by atoms with E-state index in [2.05, 4.69) is 10.2 Å². The molecule has 1 fully saturated rings. The van der Waals surface area contributed by atoms with E-state index >= 15 is 0 Å². The highest BCUT2D eigenvalue weighted by atomic mass is 32.1. The van der Waals surface area contributed by atoms with Gasteiger partial charge in [0.05, 0.1) is 31.6 Å². The van der Waals surface area contributed by atoms with Crippen LogP contribution in [0.4, 0.5) is 5.13 Å². The van der Waals surface area contributed by atoms with Crippen LogP contribution in [0.5, 0.6) is 5.75 Å². The molecule has 0 bridgehead atoms. The smallest absolute Gasteiger partial charge is 0.226 e. The zero-order valence-electron chi connectivity index (χ0n) is 19.5. The van der Waals surface area contributed by atoms with E-state index in [0.717, 1.165) is 54.5 Å². The molecule has 8 heteroatoms. The number of carbonyl (C=O) groups is 2. The van der Waals surface area contributed by atoms with E-state index in [0.29, 0.717) is 16.4 Å². The fourth-order valence-electron chi connectivity index (χ4n) is 3.88. The number of hydrogen-bond donors (Lipinski definition) is 1. The Kier molecular flexibility index (Phi) is 8.05. The fraction of sp³-hybridized carbons (Fsp3) is 0.346. The number of methoxy groups -OCH3 is 1. The molecule has 2 aromatic carbocycles. The number of Topliss-reactive ketones (excluding diaryl/α,β-unsaturated/α-hetero) is 1. The molecule has 1 N–H and O–H groups in total. The van der Waals surface area contributed by atoms with Crippen molar-refractivity contribution in [1.82, 2.24) is 9.88 Å². The van der Waals surface area contributed by atoms with Crippen molar-refractivity contribution in [3.05, 3.63) is 64.5 Å². The van der Waals surface area contributed by atoms with Crippen molar-refractivity contribution in [1.29, 1.82) is 0 Å². The quantitative estimate of drug-likeness (QED) is 0.453. The molecule has 0 unspecified atom stereocenters. The van der Waals surface area contributed by atoms with Gasteiger partial charge in [0, 0.05) is 42.9 Å². The predicted molar refractivity (Wildman–Crippen MR) is 134 cm³/mol. The molecule has 1 aromatic heterocycles. The molecule has 2 heterocycles. The van der Waals surface area contributed by atoms with Gasteiger partial charge in [-0.25, -0.2) is 4.98 Å². The molecular weight excluding hydrogens is 450 g/mol. The Morgan fingerprint density at radius 3 is 2.62 bits per heavy atom. The number of amides is 1. The number of rotatable bonds is 9. The first-order chi connectivity index (χ1) is 16.5. The summed E-state index contributed by atoms with van der Waals surface area (Å²) in [6.07, 6.45) is 0.179. The summed E-state index contributed by atoms with van der Waals surface area (Å²) < 4.78 is 10.8. The molecule has 1 aliphatic rings. The van der Waals surface area contributed by atoms with Crippen LogP contribution in [-0.2, 0) is 16.1 Å². The van der Waals surface area contributed by atoms with E-state index in [1.165, 1.54) is 18.4 Å². The molecule has 7 nitrogen and oxygen atoms in total. The highest BCUT2D eigenvalue weighted by molar-refractivity contribution is 7.16. The fourth-order valence-corrected chi connectivity index (χ4v) is 4.92. The average Bonchev–Trinajstić information content (AvgIpc) is 3.25. The second-order valence-corrected chi connectivity index (χ2v) is 9.30. The number of anilines is 1. The number of morpholine rings is 1. The molecule has 1 aliphatic heterocycles. The minimum absolute atomic E-state index is 0.0784. The van der Waals surface area contributed by atoms with Gasteiger partial charge in [-0.3, -0.25) is 14.5 Å². The van der Waals surface area contributed by atoms with Crippen LogP contribution in [0.25, 0.3) is 11.3 Å². The Morgan fingerprint density at radius 1 is 1.12 bits per heavy atom. The third-order valence-corrected chi connectivity index (χ3v) is 6.65. The number of nitrogens with zero attached hydrogens (tertiary/aromatic N) is 2. The molecule has 0 atom stereocenters. The second-order valence-electron chi connectivity index (χ2n) is 8.22. The number of ether oxygens (including phenoxy) is 2. The average molecular weight is 480 g/mol. The monoisotopic (exact) mass is 479 g/mol. The van der Waals surface area contributed by atoms with Crippen molar-refractivity contribution in [3.8, 4) is 17.0 Å². The molecule has 0 spiro atoms. The van der Waals surface area contributed by atoms with Crippen molar-refractivity contribution in [2.75, 3.05) is 38.7 Å². The number of carbonyl (C=O) groups excluding carboxylic acids is 2. The standard InChI is InChI=1S/C26H29N3O4S/c1-18-8-10-22(32-2)20(16-18)21(30)9-11-24(31)27-26-28-25(19-6-4-3-5-7-19)23(34-26)17-29-12-14-33-15-13-29/h3-8,10,16H,9,11-15,17H2,1-2H3,(H,27,28,31). The SMILES string of the molecule is COc1ccc(C)cc1C(=O)CCC(=O)Nc1nc(-c2ccccc2)c(CN2CCOCC2)s1. The number of aromatic nitrogens is 1. The van der Waals surface area contributed by atoms with Gasteiger partial charge in [0.15, 0.2) is 10.9 Å². The third-order valence-electron chi connectivity index (χ3n) is 5.70. The summed E-state index contributed by atoms with van der Waals surface area (Å²) in [6, 6.07) is 15.5. The van der Waals surface area contributed by atoms with Crippen LogP contribution in [0.1, 0.15) is 33.6 Å². The number of benzene rings is 2. The van der Waals surface area contributed by atoms with E-state index in [9.17, 15) is 9.59 Å². The van der Waals surface area contributed by atoms with E-state index in [4.69, 9.17) is 14.5 Å². The molecule has 0 aliphatic carbocycles. The number of thiazole rings is 1. The maximum absolute atomic E-state index is 12.7. The van der Waals surface area contributed by atoms with E-state index in [-0.39, 0.29) is 24.5 Å². The van der Waals surface area contributed by atoms with Crippen molar-refractivity contribution < 1.29 is 19.1 Å². The molecule has 3 aromatic rings. The molecule has 34 heavy (non-hydrogen) atoms. The molecule has 0 saturated carbocycles. The van der Waals surface area contributed by atoms with E-state index in [1.807, 2.05) is 43.3 Å². The summed E-state index contributed by atoms with van der Waals surface area (Å²) >= 11 is 1.48. The minimum Gasteiger partial charge on any atom is -0.496 e. The summed E-state index contributed by atoms with van der Waals surface area (Å²) in [7, 11) is 1.54. The molecule has 1 amide bonds. The van der Waals surface area contributed by atoms with Crippen LogP contribution in [-0.4, -0.2) is 55.0 Å². The van der Waals surface area contributed by atoms with Crippen LogP contribution in [0.15, 0.2) is 48.5 Å². The van der Waals surface area contributed by atoms with Gasteiger partial charge >= 0.3 is 0 Å². The van der Waals surface area contributed by atoms with Crippen LogP contribution in [0.3, 0.4) is 0 Å². The topological polar surface area (TPSA) is 80.8 Å². The molecule has 4 rings (SSSR count). The maximum atomic E-state index is 12.7. The lowest BCUT2D eigenvalue weighted by molar-refractivity contribution is -0.116. The number of aryl methyl sites for hydroxylation is 1. The Balaban J connectivity index is 1.44. The van der Waals surface area contributed by atoms with Crippen molar-refractivity contribution in [2.24, 2.45) is 0 Å². The zero-order chi connectivity index (χ0) is 23.9. The summed E-state index contributed by atoms with van der Waals surface area (Å²) in [5, 5.41) is 3.45. The van der Waals surface area contributed by atoms with Crippen LogP contribution >= 0.6 is 11.3 Å². The molecule has 178 valence electrons. The van der Waals surface area contributed by atoms with Crippen LogP contribution in [0.2, 0.25) is 0 Å². The molecule has 0 radical (unpaired) electrons.